The van der Waals surface area contributed by atoms with Crippen LogP contribution in [0.2, 0.25) is 0 Å². The summed E-state index contributed by atoms with van der Waals surface area (Å²) in [4.78, 5) is 0. The van der Waals surface area contributed by atoms with Crippen LogP contribution in [0.1, 0.15) is 59.3 Å². The molecule has 0 aliphatic heterocycles. The summed E-state index contributed by atoms with van der Waals surface area (Å²) < 4.78 is 0. The van der Waals surface area contributed by atoms with E-state index in [4.69, 9.17) is 6.42 Å². The van der Waals surface area contributed by atoms with Gasteiger partial charge in [-0.25, -0.2) is 0 Å². The van der Waals surface area contributed by atoms with E-state index in [-0.39, 0.29) is 0 Å². The van der Waals surface area contributed by atoms with Gasteiger partial charge in [0.25, 0.3) is 0 Å². The van der Waals surface area contributed by atoms with Crippen LogP contribution >= 0.6 is 0 Å². The molecule has 0 unspecified atom stereocenters. The monoisotopic (exact) mass is 166 g/mol. The first-order valence-electron chi connectivity index (χ1n) is 5.20. The summed E-state index contributed by atoms with van der Waals surface area (Å²) in [5, 5.41) is 0. The van der Waals surface area contributed by atoms with Crippen molar-refractivity contribution in [1.29, 1.82) is 0 Å². The van der Waals surface area contributed by atoms with Crippen LogP contribution < -0.4 is 0 Å². The summed E-state index contributed by atoms with van der Waals surface area (Å²) in [7, 11) is 0. The molecule has 0 aromatic rings. The molecule has 0 aromatic heterocycles. The topological polar surface area (TPSA) is 0 Å². The second kappa shape index (κ2) is 6.12. The van der Waals surface area contributed by atoms with Crippen molar-refractivity contribution >= 4 is 0 Å². The molecule has 0 amide bonds. The Morgan fingerprint density at radius 2 is 1.75 bits per heavy atom. The van der Waals surface area contributed by atoms with Crippen LogP contribution in [-0.4, -0.2) is 0 Å². The van der Waals surface area contributed by atoms with Gasteiger partial charge in [0.05, 0.1) is 0 Å². The maximum Gasteiger partial charge on any atom is 0.00912 e. The molecule has 0 spiro atoms. The van der Waals surface area contributed by atoms with E-state index in [0.29, 0.717) is 5.41 Å². The highest BCUT2D eigenvalue weighted by Gasteiger charge is 2.27. The van der Waals surface area contributed by atoms with Crippen molar-refractivity contribution in [3.8, 4) is 12.3 Å². The Hall–Kier alpha value is -0.440. The van der Waals surface area contributed by atoms with Crippen molar-refractivity contribution in [2.75, 3.05) is 0 Å². The van der Waals surface area contributed by atoms with Gasteiger partial charge in [0.2, 0.25) is 0 Å². The third kappa shape index (κ3) is 3.81. The zero-order chi connectivity index (χ0) is 9.45. The van der Waals surface area contributed by atoms with Crippen LogP contribution in [0.4, 0.5) is 0 Å². The lowest BCUT2D eigenvalue weighted by Gasteiger charge is -2.21. The Kier molecular flexibility index (Phi) is 5.89. The molecule has 1 rings (SSSR count). The van der Waals surface area contributed by atoms with Gasteiger partial charge in [0.1, 0.15) is 0 Å². The average molecular weight is 166 g/mol. The van der Waals surface area contributed by atoms with Gasteiger partial charge < -0.3 is 0 Å². The third-order valence-corrected chi connectivity index (χ3v) is 2.68. The minimum absolute atomic E-state index is 0.604. The molecule has 0 N–H and O–H groups in total. The van der Waals surface area contributed by atoms with Crippen molar-refractivity contribution in [1.82, 2.24) is 0 Å². The maximum atomic E-state index is 5.22. The van der Waals surface area contributed by atoms with Gasteiger partial charge in [-0.15, -0.1) is 12.3 Å². The zero-order valence-corrected chi connectivity index (χ0v) is 8.82. The third-order valence-electron chi connectivity index (χ3n) is 2.68. The summed E-state index contributed by atoms with van der Waals surface area (Å²) in [5.74, 6) is 2.72. The standard InChI is InChI=1S/C10H16.C2H6/c1-3-4-7-10(2)8-5-6-9-10;1-2/h1H,4-9H2,2H3;1-2H3. The highest BCUT2D eigenvalue weighted by Crippen LogP contribution is 2.40. The van der Waals surface area contributed by atoms with E-state index in [9.17, 15) is 0 Å². The highest BCUT2D eigenvalue weighted by molar-refractivity contribution is 4.89. The van der Waals surface area contributed by atoms with Gasteiger partial charge in [0, 0.05) is 6.42 Å². The van der Waals surface area contributed by atoms with Crippen LogP contribution in [0.25, 0.3) is 0 Å². The fourth-order valence-corrected chi connectivity index (χ4v) is 1.85. The van der Waals surface area contributed by atoms with Crippen LogP contribution in [0, 0.1) is 17.8 Å². The Labute approximate surface area is 77.8 Å². The largest absolute Gasteiger partial charge is 0.120 e. The molecule has 1 aliphatic rings. The quantitative estimate of drug-likeness (QED) is 0.544. The Balaban J connectivity index is 0.000000561. The lowest BCUT2D eigenvalue weighted by Crippen LogP contribution is -2.09. The van der Waals surface area contributed by atoms with Crippen LogP contribution in [0.3, 0.4) is 0 Å². The van der Waals surface area contributed by atoms with Crippen molar-refractivity contribution in [2.45, 2.75) is 59.3 Å². The van der Waals surface area contributed by atoms with Crippen LogP contribution in [-0.2, 0) is 0 Å². The zero-order valence-electron chi connectivity index (χ0n) is 8.82. The lowest BCUT2D eigenvalue weighted by atomic mass is 9.84. The molecule has 0 nitrogen and oxygen atoms in total. The molecule has 0 atom stereocenters. The maximum absolute atomic E-state index is 5.22. The Morgan fingerprint density at radius 1 is 1.25 bits per heavy atom. The fourth-order valence-electron chi connectivity index (χ4n) is 1.85. The molecule has 0 aromatic carbocycles. The molecule has 1 aliphatic carbocycles. The van der Waals surface area contributed by atoms with Gasteiger partial charge in [-0.2, -0.15) is 0 Å². The number of rotatable bonds is 2. The molecular formula is C12H22. The summed E-state index contributed by atoms with van der Waals surface area (Å²) in [6.45, 7) is 6.37. The fraction of sp³-hybridized carbons (Fsp3) is 0.833. The first-order chi connectivity index (χ1) is 5.77. The molecular weight excluding hydrogens is 144 g/mol. The van der Waals surface area contributed by atoms with E-state index < -0.39 is 0 Å². The SMILES string of the molecule is C#CCCC1(C)CCCC1.CC. The van der Waals surface area contributed by atoms with Gasteiger partial charge in [-0.05, 0) is 24.7 Å². The van der Waals surface area contributed by atoms with Gasteiger partial charge in [-0.3, -0.25) is 0 Å². The molecule has 0 bridgehead atoms. The van der Waals surface area contributed by atoms with E-state index in [1.165, 1.54) is 32.1 Å². The van der Waals surface area contributed by atoms with E-state index in [0.717, 1.165) is 6.42 Å². The number of hydrogen-bond acceptors (Lipinski definition) is 0. The second-order valence-corrected chi connectivity index (χ2v) is 3.72. The number of hydrogen-bond donors (Lipinski definition) is 0. The normalized spacial score (nSPS) is 19.2. The molecule has 12 heavy (non-hydrogen) atoms. The minimum atomic E-state index is 0.604. The molecule has 1 saturated carbocycles. The molecule has 0 heterocycles. The molecule has 70 valence electrons. The highest BCUT2D eigenvalue weighted by atomic mass is 14.3. The van der Waals surface area contributed by atoms with Gasteiger partial charge in [-0.1, -0.05) is 33.6 Å². The van der Waals surface area contributed by atoms with E-state index >= 15 is 0 Å². The smallest absolute Gasteiger partial charge is 0.00912 e. The van der Waals surface area contributed by atoms with Crippen LogP contribution in [0.5, 0.6) is 0 Å². The average Bonchev–Trinajstić information content (AvgIpc) is 2.53. The number of terminal acetylenes is 1. The molecule has 0 radical (unpaired) electrons. The van der Waals surface area contributed by atoms with Gasteiger partial charge in [0.15, 0.2) is 0 Å². The van der Waals surface area contributed by atoms with Crippen molar-refractivity contribution in [3.05, 3.63) is 0 Å². The van der Waals surface area contributed by atoms with Gasteiger partial charge >= 0.3 is 0 Å². The summed E-state index contributed by atoms with van der Waals surface area (Å²) in [6, 6.07) is 0. The van der Waals surface area contributed by atoms with E-state index in [1.54, 1.807) is 0 Å². The summed E-state index contributed by atoms with van der Waals surface area (Å²) in [6.07, 6.45) is 13.1. The predicted octanol–water partition coefficient (Wildman–Crippen LogP) is 4.01. The predicted molar refractivity (Wildman–Crippen MR) is 56.0 cm³/mol. The Morgan fingerprint density at radius 3 is 2.17 bits per heavy atom. The molecule has 0 heteroatoms. The second-order valence-electron chi connectivity index (χ2n) is 3.72. The van der Waals surface area contributed by atoms with Crippen molar-refractivity contribution < 1.29 is 0 Å². The van der Waals surface area contributed by atoms with E-state index in [2.05, 4.69) is 12.8 Å². The summed E-state index contributed by atoms with van der Waals surface area (Å²) in [5.41, 5.74) is 0.604. The van der Waals surface area contributed by atoms with Crippen molar-refractivity contribution in [3.63, 3.8) is 0 Å². The van der Waals surface area contributed by atoms with Crippen molar-refractivity contribution in [2.24, 2.45) is 5.41 Å². The first-order valence-corrected chi connectivity index (χ1v) is 5.20. The first kappa shape index (κ1) is 11.6. The minimum Gasteiger partial charge on any atom is -0.120 e. The molecule has 0 saturated heterocycles. The molecule has 1 fully saturated rings. The summed E-state index contributed by atoms with van der Waals surface area (Å²) >= 11 is 0. The van der Waals surface area contributed by atoms with E-state index in [1.807, 2.05) is 13.8 Å². The lowest BCUT2D eigenvalue weighted by molar-refractivity contribution is 0.313. The Bertz CT molecular complexity index is 133. The van der Waals surface area contributed by atoms with Crippen LogP contribution in [0.15, 0.2) is 0 Å².